The molecule has 0 fully saturated rings. The highest BCUT2D eigenvalue weighted by molar-refractivity contribution is 7.95. The zero-order chi connectivity index (χ0) is 16.6. The molecule has 2 N–H and O–H groups in total. The number of benzene rings is 2. The van der Waals surface area contributed by atoms with E-state index < -0.39 is 17.1 Å². The summed E-state index contributed by atoms with van der Waals surface area (Å²) in [6, 6.07) is 12.5. The van der Waals surface area contributed by atoms with Gasteiger partial charge in [0, 0.05) is 30.7 Å². The van der Waals surface area contributed by atoms with Crippen molar-refractivity contribution in [3.05, 3.63) is 48.0 Å². The van der Waals surface area contributed by atoms with Crippen LogP contribution in [0, 0.1) is 6.92 Å². The van der Waals surface area contributed by atoms with Crippen LogP contribution in [0.3, 0.4) is 0 Å². The van der Waals surface area contributed by atoms with Gasteiger partial charge in [-0.1, -0.05) is 18.2 Å². The maximum Gasteiger partial charge on any atom is 0.401 e. The number of hydrazine groups is 1. The number of nitrogens with zero attached hydrogens (tertiary/aromatic N) is 2. The Morgan fingerprint density at radius 1 is 1.13 bits per heavy atom. The van der Waals surface area contributed by atoms with Crippen molar-refractivity contribution in [1.82, 2.24) is 14.9 Å². The number of carbonyl (C=O) groups is 1. The maximum absolute atomic E-state index is 12.2. The molecule has 2 amide bonds. The molecule has 2 aromatic carbocycles. The second-order valence-corrected chi connectivity index (χ2v) is 7.16. The van der Waals surface area contributed by atoms with Gasteiger partial charge in [-0.3, -0.25) is 5.43 Å². The third-order valence-corrected chi connectivity index (χ3v) is 5.25. The van der Waals surface area contributed by atoms with E-state index in [0.29, 0.717) is 11.5 Å². The van der Waals surface area contributed by atoms with Gasteiger partial charge in [0.2, 0.25) is 20.9 Å². The molecule has 1 heterocycles. The number of aryl methyl sites for hydroxylation is 1. The molecule has 0 bridgehead atoms. The van der Waals surface area contributed by atoms with Crippen LogP contribution in [0.15, 0.2) is 52.3 Å². The number of ether oxygens (including phenoxy) is 1. The van der Waals surface area contributed by atoms with Gasteiger partial charge < -0.3 is 4.74 Å². The molecular formula is C16H18N3O3S+. The first kappa shape index (κ1) is 15.7. The molecule has 6 nitrogen and oxygen atoms in total. The highest BCUT2D eigenvalue weighted by atomic mass is 32.2. The molecule has 2 aromatic rings. The van der Waals surface area contributed by atoms with E-state index in [1.54, 1.807) is 14.1 Å². The Morgan fingerprint density at radius 3 is 2.57 bits per heavy atom. The molecule has 0 aromatic heterocycles. The van der Waals surface area contributed by atoms with Crippen molar-refractivity contribution < 1.29 is 14.7 Å². The molecule has 23 heavy (non-hydrogen) atoms. The van der Waals surface area contributed by atoms with Gasteiger partial charge in [-0.2, -0.15) is 0 Å². The first-order chi connectivity index (χ1) is 11.0. The second-order valence-electron chi connectivity index (χ2n) is 5.37. The van der Waals surface area contributed by atoms with Gasteiger partial charge in [0.25, 0.3) is 0 Å². The molecule has 3 rings (SSSR count). The molecule has 0 aliphatic carbocycles. The second kappa shape index (κ2) is 6.11. The molecule has 0 radical (unpaired) electrons. The van der Waals surface area contributed by atoms with Crippen molar-refractivity contribution in [3.8, 4) is 11.5 Å². The Bertz CT molecular complexity index is 751. The van der Waals surface area contributed by atoms with Gasteiger partial charge in [-0.05, 0) is 24.6 Å². The summed E-state index contributed by atoms with van der Waals surface area (Å²) in [4.78, 5) is 13.8. The molecule has 0 saturated carbocycles. The molecular weight excluding hydrogens is 314 g/mol. The van der Waals surface area contributed by atoms with Crippen molar-refractivity contribution in [3.63, 3.8) is 0 Å². The van der Waals surface area contributed by atoms with Crippen LogP contribution in [0.2, 0.25) is 0 Å². The van der Waals surface area contributed by atoms with Crippen molar-refractivity contribution in [2.45, 2.75) is 16.7 Å². The van der Waals surface area contributed by atoms with Crippen LogP contribution < -0.4 is 10.2 Å². The Kier molecular flexibility index (Phi) is 4.16. The van der Waals surface area contributed by atoms with Gasteiger partial charge in [0.1, 0.15) is 0 Å². The van der Waals surface area contributed by atoms with Crippen molar-refractivity contribution in [1.29, 1.82) is 0 Å². The monoisotopic (exact) mass is 332 g/mol. The number of hydroxylamine groups is 1. The van der Waals surface area contributed by atoms with E-state index in [1.807, 2.05) is 49.4 Å². The van der Waals surface area contributed by atoms with E-state index in [-0.39, 0.29) is 0 Å². The summed E-state index contributed by atoms with van der Waals surface area (Å²) < 4.78 is 6.64. The van der Waals surface area contributed by atoms with Crippen LogP contribution in [0.5, 0.6) is 11.5 Å². The lowest BCUT2D eigenvalue weighted by Gasteiger charge is -2.23. The van der Waals surface area contributed by atoms with E-state index in [4.69, 9.17) is 4.74 Å². The largest absolute Gasteiger partial charge is 0.447 e. The van der Waals surface area contributed by atoms with E-state index in [1.165, 1.54) is 5.01 Å². The van der Waals surface area contributed by atoms with Crippen LogP contribution in [-0.2, 0) is 11.1 Å². The van der Waals surface area contributed by atoms with E-state index in [2.05, 4.69) is 5.43 Å². The fourth-order valence-electron chi connectivity index (χ4n) is 2.29. The Hall–Kier alpha value is -2.22. The predicted molar refractivity (Wildman–Crippen MR) is 87.4 cm³/mol. The summed E-state index contributed by atoms with van der Waals surface area (Å²) in [5.74, 6) is 1.29. The van der Waals surface area contributed by atoms with Gasteiger partial charge >= 0.3 is 6.03 Å². The van der Waals surface area contributed by atoms with Crippen LogP contribution in [0.4, 0.5) is 4.79 Å². The summed E-state index contributed by atoms with van der Waals surface area (Å²) in [6.45, 7) is 1.96. The minimum absolute atomic E-state index is 0.595. The summed E-state index contributed by atoms with van der Waals surface area (Å²) in [6.07, 6.45) is 0. The van der Waals surface area contributed by atoms with Crippen molar-refractivity contribution in [2.75, 3.05) is 14.1 Å². The zero-order valence-corrected chi connectivity index (χ0v) is 13.9. The third-order valence-electron chi connectivity index (χ3n) is 3.25. The number of para-hydroxylation sites is 1. The number of carbonyl (C=O) groups excluding carboxylic acids is 1. The van der Waals surface area contributed by atoms with Crippen molar-refractivity contribution >= 4 is 17.1 Å². The van der Waals surface area contributed by atoms with Gasteiger partial charge in [-0.15, -0.1) is 0 Å². The van der Waals surface area contributed by atoms with E-state index >= 15 is 0 Å². The van der Waals surface area contributed by atoms with Gasteiger partial charge in [0.05, 0.1) is 0 Å². The minimum Gasteiger partial charge on any atom is -0.447 e. The summed E-state index contributed by atoms with van der Waals surface area (Å²) in [5, 5.41) is 12.0. The lowest BCUT2D eigenvalue weighted by atomic mass is 10.2. The molecule has 1 unspecified atom stereocenters. The molecule has 1 aliphatic rings. The number of urea groups is 1. The lowest BCUT2D eigenvalue weighted by molar-refractivity contribution is 0.0389. The lowest BCUT2D eigenvalue weighted by Crippen LogP contribution is -2.47. The quantitative estimate of drug-likeness (QED) is 0.504. The number of nitrogens with one attached hydrogen (secondary N) is 1. The third kappa shape index (κ3) is 2.98. The van der Waals surface area contributed by atoms with Crippen LogP contribution >= 0.6 is 0 Å². The average molecular weight is 332 g/mol. The van der Waals surface area contributed by atoms with Crippen molar-refractivity contribution in [2.24, 2.45) is 0 Å². The number of hydrogen-bond donors (Lipinski definition) is 2. The first-order valence-corrected chi connectivity index (χ1v) is 8.24. The molecule has 120 valence electrons. The van der Waals surface area contributed by atoms with Gasteiger partial charge in [0.15, 0.2) is 11.5 Å². The molecule has 0 saturated heterocycles. The fraction of sp³-hybridized carbons (Fsp3) is 0.188. The van der Waals surface area contributed by atoms with Gasteiger partial charge in [-0.25, -0.2) is 15.0 Å². The normalized spacial score (nSPS) is 15.4. The maximum atomic E-state index is 12.2. The van der Waals surface area contributed by atoms with Crippen LogP contribution in [0.25, 0.3) is 0 Å². The predicted octanol–water partition coefficient (Wildman–Crippen LogP) is 2.93. The van der Waals surface area contributed by atoms with E-state index in [0.717, 1.165) is 19.8 Å². The number of amides is 2. The summed E-state index contributed by atoms with van der Waals surface area (Å²) >= 11 is -0.971. The SMILES string of the molecule is Cc1ccc2c(c1)[S+](N(O)C(=O)NN(C)C)c1ccccc1O2. The fourth-order valence-corrected chi connectivity index (χ4v) is 4.21. The average Bonchev–Trinajstić information content (AvgIpc) is 2.51. The summed E-state index contributed by atoms with van der Waals surface area (Å²) in [5.41, 5.74) is 3.59. The topological polar surface area (TPSA) is 65.0 Å². The first-order valence-electron chi connectivity index (χ1n) is 7.06. The highest BCUT2D eigenvalue weighted by Crippen LogP contribution is 2.44. The molecule has 7 heteroatoms. The van der Waals surface area contributed by atoms with Crippen LogP contribution in [-0.4, -0.2) is 34.8 Å². The molecule has 1 atom stereocenters. The zero-order valence-electron chi connectivity index (χ0n) is 13.1. The number of fused-ring (bicyclic) bond motifs is 2. The highest BCUT2D eigenvalue weighted by Gasteiger charge is 2.46. The standard InChI is InChI=1S/C16H17N3O3S/c1-11-8-9-13-15(10-11)23(19(21)16(20)17-18(2)3)14-7-5-4-6-12(14)22-13/h4-10,21H,1-3H3/p+1. The molecule has 1 aliphatic heterocycles. The number of rotatable bonds is 2. The summed E-state index contributed by atoms with van der Waals surface area (Å²) in [7, 11) is 3.37. The Labute approximate surface area is 137 Å². The minimum atomic E-state index is -0.971. The van der Waals surface area contributed by atoms with Crippen LogP contribution in [0.1, 0.15) is 5.56 Å². The van der Waals surface area contributed by atoms with E-state index in [9.17, 15) is 10.0 Å². The number of hydrogen-bond acceptors (Lipinski definition) is 4. The molecule has 0 spiro atoms. The smallest absolute Gasteiger partial charge is 0.401 e. The Balaban J connectivity index is 2.08. The Morgan fingerprint density at radius 2 is 1.83 bits per heavy atom.